The number of nitriles is 1. The van der Waals surface area contributed by atoms with Crippen molar-refractivity contribution in [1.82, 2.24) is 0 Å². The molecule has 0 fully saturated rings. The molecule has 0 aliphatic heterocycles. The first-order valence-corrected chi connectivity index (χ1v) is 5.17. The molecular weight excluding hydrogens is 202 g/mol. The highest BCUT2D eigenvalue weighted by Crippen LogP contribution is 2.30. The Morgan fingerprint density at radius 2 is 2.38 bits per heavy atom. The van der Waals surface area contributed by atoms with Crippen LogP contribution in [0.4, 0.5) is 0 Å². The number of carbonyl (C=O) groups excluding carboxylic acids is 1. The summed E-state index contributed by atoms with van der Waals surface area (Å²) in [7, 11) is 0. The van der Waals surface area contributed by atoms with Crippen molar-refractivity contribution in [3.05, 3.63) is 41.0 Å². The molecule has 80 valence electrons. The quantitative estimate of drug-likeness (QED) is 0.706. The molecule has 1 aromatic rings. The Balaban J connectivity index is 2.45. The molecule has 3 nitrogen and oxygen atoms in total. The smallest absolute Gasteiger partial charge is 0.338 e. The lowest BCUT2D eigenvalue weighted by atomic mass is 10.00. The van der Waals surface area contributed by atoms with Crippen LogP contribution in [0, 0.1) is 11.3 Å². The van der Waals surface area contributed by atoms with E-state index in [1.165, 1.54) is 0 Å². The molecular formula is C13H11NO2. The molecule has 0 heterocycles. The van der Waals surface area contributed by atoms with Crippen molar-refractivity contribution in [2.45, 2.75) is 13.3 Å². The van der Waals surface area contributed by atoms with Crippen molar-refractivity contribution in [3.8, 4) is 6.07 Å². The number of hydrogen-bond donors (Lipinski definition) is 0. The molecule has 0 amide bonds. The number of ether oxygens (including phenoxy) is 1. The summed E-state index contributed by atoms with van der Waals surface area (Å²) in [4.78, 5) is 11.7. The Kier molecular flexibility index (Phi) is 2.74. The summed E-state index contributed by atoms with van der Waals surface area (Å²) in [5.41, 5.74) is 2.81. The minimum atomic E-state index is -0.344. The first kappa shape index (κ1) is 10.4. The topological polar surface area (TPSA) is 50.1 Å². The maximum Gasteiger partial charge on any atom is 0.338 e. The van der Waals surface area contributed by atoms with E-state index in [0.717, 1.165) is 11.1 Å². The van der Waals surface area contributed by atoms with Crippen LogP contribution in [-0.4, -0.2) is 12.6 Å². The number of nitrogens with zero attached hydrogens (tertiary/aromatic N) is 1. The maximum absolute atomic E-state index is 11.7. The Bertz CT molecular complexity index is 509. The van der Waals surface area contributed by atoms with Gasteiger partial charge in [0.05, 0.1) is 23.8 Å². The monoisotopic (exact) mass is 213 g/mol. The molecule has 0 spiro atoms. The Morgan fingerprint density at radius 3 is 3.06 bits per heavy atom. The molecule has 0 unspecified atom stereocenters. The van der Waals surface area contributed by atoms with Gasteiger partial charge in [-0.25, -0.2) is 4.79 Å². The average Bonchev–Trinajstić information content (AvgIpc) is 2.72. The first-order chi connectivity index (χ1) is 7.77. The van der Waals surface area contributed by atoms with Gasteiger partial charge < -0.3 is 4.74 Å². The zero-order valence-corrected chi connectivity index (χ0v) is 8.99. The second-order valence-corrected chi connectivity index (χ2v) is 3.49. The third-order valence-electron chi connectivity index (χ3n) is 2.56. The summed E-state index contributed by atoms with van der Waals surface area (Å²) in [5.74, 6) is -0.344. The zero-order chi connectivity index (χ0) is 11.5. The number of benzene rings is 1. The minimum Gasteiger partial charge on any atom is -0.462 e. The average molecular weight is 213 g/mol. The summed E-state index contributed by atoms with van der Waals surface area (Å²) < 4.78 is 4.97. The van der Waals surface area contributed by atoms with E-state index in [-0.39, 0.29) is 5.97 Å². The molecule has 0 atom stereocenters. The summed E-state index contributed by atoms with van der Waals surface area (Å²) in [6, 6.07) is 7.59. The van der Waals surface area contributed by atoms with Crippen molar-refractivity contribution < 1.29 is 9.53 Å². The number of rotatable bonds is 2. The largest absolute Gasteiger partial charge is 0.462 e. The fraction of sp³-hybridized carbons (Fsp3) is 0.231. The van der Waals surface area contributed by atoms with E-state index >= 15 is 0 Å². The molecule has 0 aromatic heterocycles. The van der Waals surface area contributed by atoms with Crippen LogP contribution in [0.2, 0.25) is 0 Å². The van der Waals surface area contributed by atoms with Crippen LogP contribution in [0.15, 0.2) is 24.3 Å². The van der Waals surface area contributed by atoms with Crippen molar-refractivity contribution in [2.75, 3.05) is 6.61 Å². The van der Waals surface area contributed by atoms with Gasteiger partial charge in [0.15, 0.2) is 0 Å². The van der Waals surface area contributed by atoms with Gasteiger partial charge in [0, 0.05) is 5.56 Å². The SMILES string of the molecule is CCOC(=O)C1=CCc2cccc(C#N)c21. The van der Waals surface area contributed by atoms with Crippen LogP contribution >= 0.6 is 0 Å². The van der Waals surface area contributed by atoms with Crippen molar-refractivity contribution in [1.29, 1.82) is 5.26 Å². The first-order valence-electron chi connectivity index (χ1n) is 5.17. The summed E-state index contributed by atoms with van der Waals surface area (Å²) in [6.07, 6.45) is 2.52. The predicted octanol–water partition coefficient (Wildman–Crippen LogP) is 2.06. The molecule has 0 saturated heterocycles. The van der Waals surface area contributed by atoms with Gasteiger partial charge in [-0.05, 0) is 25.0 Å². The van der Waals surface area contributed by atoms with E-state index in [0.29, 0.717) is 24.2 Å². The van der Waals surface area contributed by atoms with Gasteiger partial charge in [0.2, 0.25) is 0 Å². The third-order valence-corrected chi connectivity index (χ3v) is 2.56. The van der Waals surface area contributed by atoms with Crippen molar-refractivity contribution in [3.63, 3.8) is 0 Å². The molecule has 0 bridgehead atoms. The molecule has 2 rings (SSSR count). The van der Waals surface area contributed by atoms with E-state index in [2.05, 4.69) is 6.07 Å². The third kappa shape index (κ3) is 1.59. The summed E-state index contributed by atoms with van der Waals surface area (Å²) in [6.45, 7) is 2.12. The number of carbonyl (C=O) groups is 1. The normalized spacial score (nSPS) is 12.6. The Morgan fingerprint density at radius 1 is 1.56 bits per heavy atom. The van der Waals surface area contributed by atoms with Gasteiger partial charge in [0.1, 0.15) is 0 Å². The molecule has 0 N–H and O–H groups in total. The number of esters is 1. The Labute approximate surface area is 94.0 Å². The zero-order valence-electron chi connectivity index (χ0n) is 8.99. The molecule has 3 heteroatoms. The van der Waals surface area contributed by atoms with Crippen molar-refractivity contribution in [2.24, 2.45) is 0 Å². The number of fused-ring (bicyclic) bond motifs is 1. The second kappa shape index (κ2) is 4.19. The van der Waals surface area contributed by atoms with Crippen LogP contribution in [-0.2, 0) is 16.0 Å². The molecule has 1 aromatic carbocycles. The minimum absolute atomic E-state index is 0.344. The lowest BCUT2D eigenvalue weighted by Gasteiger charge is -2.06. The lowest BCUT2D eigenvalue weighted by Crippen LogP contribution is -2.06. The van der Waals surface area contributed by atoms with Crippen LogP contribution in [0.25, 0.3) is 5.57 Å². The fourth-order valence-corrected chi connectivity index (χ4v) is 1.89. The maximum atomic E-state index is 11.7. The van der Waals surface area contributed by atoms with Crippen molar-refractivity contribution >= 4 is 11.5 Å². The number of hydrogen-bond acceptors (Lipinski definition) is 3. The van der Waals surface area contributed by atoms with Gasteiger partial charge in [-0.2, -0.15) is 5.26 Å². The second-order valence-electron chi connectivity index (χ2n) is 3.49. The highest BCUT2D eigenvalue weighted by Gasteiger charge is 2.23. The van der Waals surface area contributed by atoms with E-state index < -0.39 is 0 Å². The van der Waals surface area contributed by atoms with Crippen LogP contribution in [0.1, 0.15) is 23.6 Å². The molecule has 0 saturated carbocycles. The molecule has 0 radical (unpaired) electrons. The molecule has 1 aliphatic carbocycles. The number of allylic oxidation sites excluding steroid dienone is 1. The van der Waals surface area contributed by atoms with Gasteiger partial charge in [0.25, 0.3) is 0 Å². The van der Waals surface area contributed by atoms with E-state index in [4.69, 9.17) is 10.00 Å². The van der Waals surface area contributed by atoms with Gasteiger partial charge >= 0.3 is 5.97 Å². The van der Waals surface area contributed by atoms with Crippen LogP contribution in [0.5, 0.6) is 0 Å². The Hall–Kier alpha value is -2.08. The fourth-order valence-electron chi connectivity index (χ4n) is 1.89. The van der Waals surface area contributed by atoms with E-state index in [1.54, 1.807) is 13.0 Å². The van der Waals surface area contributed by atoms with Gasteiger partial charge in [-0.3, -0.25) is 0 Å². The van der Waals surface area contributed by atoms with E-state index in [9.17, 15) is 4.79 Å². The standard InChI is InChI=1S/C13H11NO2/c1-2-16-13(15)11-7-6-9-4-3-5-10(8-14)12(9)11/h3-5,7H,2,6H2,1H3. The molecule has 16 heavy (non-hydrogen) atoms. The summed E-state index contributed by atoms with van der Waals surface area (Å²) in [5, 5.41) is 9.00. The van der Waals surface area contributed by atoms with Crippen LogP contribution < -0.4 is 0 Å². The summed E-state index contributed by atoms with van der Waals surface area (Å²) >= 11 is 0. The van der Waals surface area contributed by atoms with Gasteiger partial charge in [-0.1, -0.05) is 18.2 Å². The molecule has 1 aliphatic rings. The van der Waals surface area contributed by atoms with Crippen LogP contribution in [0.3, 0.4) is 0 Å². The highest BCUT2D eigenvalue weighted by atomic mass is 16.5. The highest BCUT2D eigenvalue weighted by molar-refractivity contribution is 6.18. The lowest BCUT2D eigenvalue weighted by molar-refractivity contribution is -0.136. The predicted molar refractivity (Wildman–Crippen MR) is 59.5 cm³/mol. The van der Waals surface area contributed by atoms with Gasteiger partial charge in [-0.15, -0.1) is 0 Å². The van der Waals surface area contributed by atoms with E-state index in [1.807, 2.05) is 18.2 Å².